The maximum atomic E-state index is 13.3. The minimum absolute atomic E-state index is 0.280. The van der Waals surface area contributed by atoms with Gasteiger partial charge in [0.2, 0.25) is 0 Å². The monoisotopic (exact) mass is 584 g/mol. The van der Waals surface area contributed by atoms with Gasteiger partial charge in [0.15, 0.2) is 0 Å². The van der Waals surface area contributed by atoms with Crippen LogP contribution in [-0.4, -0.2) is 13.9 Å². The summed E-state index contributed by atoms with van der Waals surface area (Å²) in [6.07, 6.45) is 0. The Morgan fingerprint density at radius 3 is 1.50 bits per heavy atom. The normalized spacial score (nSPS) is 13.9. The third-order valence-electron chi connectivity index (χ3n) is 5.01. The van der Waals surface area contributed by atoms with E-state index >= 15 is 0 Å². The van der Waals surface area contributed by atoms with Crippen LogP contribution in [0, 0.1) is 27.9 Å². The van der Waals surface area contributed by atoms with Crippen LogP contribution in [0.15, 0.2) is 30.3 Å². The van der Waals surface area contributed by atoms with E-state index in [4.69, 9.17) is 2.51 Å². The maximum absolute atomic E-state index is 13.3. The van der Waals surface area contributed by atoms with E-state index in [1.807, 2.05) is 78.8 Å². The number of alkyl halides is 3. The van der Waals surface area contributed by atoms with Crippen LogP contribution in [0.1, 0.15) is 69.4 Å². The van der Waals surface area contributed by atoms with Crippen LogP contribution >= 0.6 is 20.2 Å². The van der Waals surface area contributed by atoms with Crippen LogP contribution < -0.4 is 0 Å². The number of benzene rings is 2. The fourth-order valence-electron chi connectivity index (χ4n) is 3.28. The molecule has 8 heteroatoms. The molecule has 32 heavy (non-hydrogen) atoms. The summed E-state index contributed by atoms with van der Waals surface area (Å²) >= 11 is -3.52. The van der Waals surface area contributed by atoms with Gasteiger partial charge in [-0.3, -0.25) is 0 Å². The zero-order valence-electron chi connectivity index (χ0n) is 20.0. The Hall–Kier alpha value is -1.13. The van der Waals surface area contributed by atoms with Gasteiger partial charge in [-0.15, -0.1) is 0 Å². The van der Waals surface area contributed by atoms with Gasteiger partial charge >= 0.3 is 198 Å². The van der Waals surface area contributed by atoms with Gasteiger partial charge in [-0.2, -0.15) is 0 Å². The molecule has 2 aromatic carbocycles. The molecule has 0 aromatic heterocycles. The quantitative estimate of drug-likeness (QED) is 0.276. The van der Waals surface area contributed by atoms with Crippen molar-refractivity contribution in [3.63, 3.8) is 0 Å². The van der Waals surface area contributed by atoms with Crippen LogP contribution in [-0.2, 0) is 23.5 Å². The van der Waals surface area contributed by atoms with E-state index in [-0.39, 0.29) is 10.8 Å². The molecule has 3 nitrogen and oxygen atoms in total. The molecule has 2 aromatic rings. The number of aryl methyl sites for hydroxylation is 3. The summed E-state index contributed by atoms with van der Waals surface area (Å²) in [5.41, 5.74) is -1.75. The first-order valence-corrected chi connectivity index (χ1v) is 14.6. The Kier molecular flexibility index (Phi) is 7.55. The molecule has 0 amide bonds. The van der Waals surface area contributed by atoms with E-state index in [2.05, 4.69) is 0 Å². The van der Waals surface area contributed by atoms with Gasteiger partial charge < -0.3 is 0 Å². The predicted molar refractivity (Wildman–Crippen MR) is 132 cm³/mol. The minimum atomic E-state index is -5.76. The summed E-state index contributed by atoms with van der Waals surface area (Å²) in [6.45, 7) is 17.6. The fourth-order valence-corrected chi connectivity index (χ4v) is 10.6. The van der Waals surface area contributed by atoms with E-state index in [0.717, 1.165) is 27.8 Å². The van der Waals surface area contributed by atoms with Gasteiger partial charge in [-0.25, -0.2) is 0 Å². The van der Waals surface area contributed by atoms with Crippen molar-refractivity contribution in [3.8, 4) is 0 Å². The first kappa shape index (κ1) is 27.1. The van der Waals surface area contributed by atoms with Gasteiger partial charge in [0.05, 0.1) is 0 Å². The second kappa shape index (κ2) is 8.91. The molecule has 0 heterocycles. The fraction of sp³-hybridized carbons (Fsp3) is 0.500. The van der Waals surface area contributed by atoms with E-state index < -0.39 is 35.9 Å². The molecule has 180 valence electrons. The zero-order valence-corrected chi connectivity index (χ0v) is 23.0. The molecule has 0 atom stereocenters. The Morgan fingerprint density at radius 2 is 1.16 bits per heavy atom. The van der Waals surface area contributed by atoms with Crippen molar-refractivity contribution in [1.29, 1.82) is 0 Å². The van der Waals surface area contributed by atoms with Gasteiger partial charge in [0.1, 0.15) is 0 Å². The summed E-state index contributed by atoms with van der Waals surface area (Å²) in [4.78, 5) is 0. The van der Waals surface area contributed by atoms with Crippen molar-refractivity contribution in [2.24, 2.45) is 0 Å². The third kappa shape index (κ3) is 6.05. The molecular formula is C24H32F3IO3S. The third-order valence-corrected chi connectivity index (χ3v) is 12.8. The Morgan fingerprint density at radius 1 is 0.750 bits per heavy atom. The molecule has 0 unspecified atom stereocenters. The average Bonchev–Trinajstić information content (AvgIpc) is 2.57. The molecule has 0 aliphatic heterocycles. The number of halogens is 4. The zero-order chi connectivity index (χ0) is 24.9. The molecule has 0 aliphatic carbocycles. The number of hydrogen-bond donors (Lipinski definition) is 0. The Labute approximate surface area is 197 Å². The molecular weight excluding hydrogens is 552 g/mol. The van der Waals surface area contributed by atoms with Gasteiger partial charge in [0.25, 0.3) is 0 Å². The van der Waals surface area contributed by atoms with Crippen LogP contribution in [0.4, 0.5) is 13.2 Å². The Bertz CT molecular complexity index is 1050. The Balaban J connectivity index is 2.90. The molecule has 0 bridgehead atoms. The van der Waals surface area contributed by atoms with Gasteiger partial charge in [0, 0.05) is 0 Å². The van der Waals surface area contributed by atoms with Crippen molar-refractivity contribution >= 4 is 30.4 Å². The van der Waals surface area contributed by atoms with E-state index in [9.17, 15) is 21.6 Å². The van der Waals surface area contributed by atoms with Gasteiger partial charge in [-0.05, 0) is 0 Å². The van der Waals surface area contributed by atoms with Crippen molar-refractivity contribution in [1.82, 2.24) is 0 Å². The second-order valence-electron chi connectivity index (χ2n) is 10.2. The molecule has 0 aliphatic rings. The van der Waals surface area contributed by atoms with E-state index in [1.165, 1.54) is 0 Å². The molecule has 0 spiro atoms. The molecule has 2 rings (SSSR count). The average molecular weight is 584 g/mol. The first-order valence-electron chi connectivity index (χ1n) is 10.2. The predicted octanol–water partition coefficient (Wildman–Crippen LogP) is 7.53. The SMILES string of the molecule is Cc1cc(C)c(I(OS(=O)(=O)C(F)(F)F)c2cc(C(C)(C)C)cc(C(C)(C)C)c2)c(C)c1. The summed E-state index contributed by atoms with van der Waals surface area (Å²) in [5, 5.41) is 0. The molecule has 0 saturated carbocycles. The standard InChI is InChI=1S/C24H32F3IO3S/c1-15-10-16(2)21(17(3)11-15)28(31-32(29,30)24(25,26)27)20-13-18(22(4,5)6)12-19(14-20)23(7,8)9/h10-14H,1-9H3. The van der Waals surface area contributed by atoms with Crippen molar-refractivity contribution < 1.29 is 24.1 Å². The first-order chi connectivity index (χ1) is 14.2. The summed E-state index contributed by atoms with van der Waals surface area (Å²) in [5.74, 6) is 0. The van der Waals surface area contributed by atoms with E-state index in [1.54, 1.807) is 13.8 Å². The van der Waals surface area contributed by atoms with Crippen molar-refractivity contribution in [2.45, 2.75) is 78.7 Å². The van der Waals surface area contributed by atoms with Gasteiger partial charge in [-0.1, -0.05) is 0 Å². The van der Waals surface area contributed by atoms with E-state index in [0.29, 0.717) is 7.14 Å². The topological polar surface area (TPSA) is 43.4 Å². The second-order valence-corrected chi connectivity index (χ2v) is 16.5. The van der Waals surface area contributed by atoms with Crippen molar-refractivity contribution in [3.05, 3.63) is 65.3 Å². The molecule has 0 radical (unpaired) electrons. The number of rotatable bonds is 4. The number of hydrogen-bond acceptors (Lipinski definition) is 3. The van der Waals surface area contributed by atoms with Crippen LogP contribution in [0.2, 0.25) is 0 Å². The summed E-state index contributed by atoms with van der Waals surface area (Å²) < 4.78 is 70.6. The molecule has 0 saturated heterocycles. The van der Waals surface area contributed by atoms with Crippen LogP contribution in [0.25, 0.3) is 0 Å². The van der Waals surface area contributed by atoms with Crippen LogP contribution in [0.5, 0.6) is 0 Å². The van der Waals surface area contributed by atoms with Crippen LogP contribution in [0.3, 0.4) is 0 Å². The molecule has 0 fully saturated rings. The molecule has 0 N–H and O–H groups in total. The van der Waals surface area contributed by atoms with Crippen molar-refractivity contribution in [2.75, 3.05) is 0 Å². The summed E-state index contributed by atoms with van der Waals surface area (Å²) in [6, 6.07) is 9.41. The summed E-state index contributed by atoms with van der Waals surface area (Å²) in [7, 11) is -5.76.